The zero-order valence-corrected chi connectivity index (χ0v) is 7.13. The molecule has 10 heavy (non-hydrogen) atoms. The van der Waals surface area contributed by atoms with Crippen molar-refractivity contribution in [2.75, 3.05) is 6.61 Å². The van der Waals surface area contributed by atoms with Gasteiger partial charge < -0.3 is 9.68 Å². The summed E-state index contributed by atoms with van der Waals surface area (Å²) in [6, 6.07) is 0. The van der Waals surface area contributed by atoms with E-state index in [1.807, 2.05) is 0 Å². The fourth-order valence-electron chi connectivity index (χ4n) is 0.756. The third-order valence-corrected chi connectivity index (χ3v) is 1.18. The van der Waals surface area contributed by atoms with Crippen molar-refractivity contribution in [2.45, 2.75) is 33.5 Å². The van der Waals surface area contributed by atoms with Crippen LogP contribution >= 0.6 is 0 Å². The SMILES string of the molecule is CCC.C[C@@H]1COB(O)C1. The van der Waals surface area contributed by atoms with Crippen molar-refractivity contribution in [2.24, 2.45) is 5.92 Å². The monoisotopic (exact) mass is 144 g/mol. The predicted octanol–water partition coefficient (Wildman–Crippen LogP) is 1.55. The maximum Gasteiger partial charge on any atom is 0.454 e. The summed E-state index contributed by atoms with van der Waals surface area (Å²) in [5.41, 5.74) is 0. The van der Waals surface area contributed by atoms with Gasteiger partial charge in [0, 0.05) is 6.61 Å². The summed E-state index contributed by atoms with van der Waals surface area (Å²) < 4.78 is 4.82. The van der Waals surface area contributed by atoms with E-state index in [2.05, 4.69) is 20.8 Å². The Kier molecular flexibility index (Phi) is 5.74. The van der Waals surface area contributed by atoms with Crippen LogP contribution < -0.4 is 0 Å². The van der Waals surface area contributed by atoms with E-state index >= 15 is 0 Å². The molecule has 0 spiro atoms. The lowest BCUT2D eigenvalue weighted by molar-refractivity contribution is 0.280. The standard InChI is InChI=1S/C4H9BO2.C3H8/c1-4-2-5(6)7-3-4;1-3-2/h4,6H,2-3H2,1H3;3H2,1-2H3/t4-;/m0./s1. The second kappa shape index (κ2) is 5.75. The molecule has 1 N–H and O–H groups in total. The molecule has 0 radical (unpaired) electrons. The van der Waals surface area contributed by atoms with Gasteiger partial charge in [-0.3, -0.25) is 0 Å². The predicted molar refractivity (Wildman–Crippen MR) is 43.9 cm³/mol. The molecule has 0 unspecified atom stereocenters. The Morgan fingerprint density at radius 1 is 1.60 bits per heavy atom. The largest absolute Gasteiger partial charge is 0.454 e. The molecule has 3 heteroatoms. The van der Waals surface area contributed by atoms with Crippen LogP contribution in [0.25, 0.3) is 0 Å². The topological polar surface area (TPSA) is 29.5 Å². The van der Waals surface area contributed by atoms with Gasteiger partial charge in [0.25, 0.3) is 0 Å². The van der Waals surface area contributed by atoms with Gasteiger partial charge in [-0.15, -0.1) is 0 Å². The van der Waals surface area contributed by atoms with Crippen LogP contribution in [0.2, 0.25) is 6.32 Å². The van der Waals surface area contributed by atoms with Crippen LogP contribution in [0.1, 0.15) is 27.2 Å². The molecule has 1 aliphatic heterocycles. The Morgan fingerprint density at radius 2 is 2.10 bits per heavy atom. The van der Waals surface area contributed by atoms with Gasteiger partial charge in [0.2, 0.25) is 0 Å². The van der Waals surface area contributed by atoms with Crippen LogP contribution in [0.15, 0.2) is 0 Å². The number of hydrogen-bond acceptors (Lipinski definition) is 2. The lowest BCUT2D eigenvalue weighted by atomic mass is 9.83. The van der Waals surface area contributed by atoms with E-state index in [1.54, 1.807) is 0 Å². The first-order valence-electron chi connectivity index (χ1n) is 4.00. The van der Waals surface area contributed by atoms with Crippen LogP contribution in [0.3, 0.4) is 0 Å². The first-order valence-corrected chi connectivity index (χ1v) is 4.00. The van der Waals surface area contributed by atoms with Gasteiger partial charge in [0.15, 0.2) is 0 Å². The number of rotatable bonds is 0. The molecule has 0 aromatic rings. The van der Waals surface area contributed by atoms with E-state index in [9.17, 15) is 0 Å². The molecule has 0 aromatic heterocycles. The van der Waals surface area contributed by atoms with Crippen molar-refractivity contribution in [3.8, 4) is 0 Å². The van der Waals surface area contributed by atoms with Crippen molar-refractivity contribution in [1.29, 1.82) is 0 Å². The highest BCUT2D eigenvalue weighted by Crippen LogP contribution is 2.13. The van der Waals surface area contributed by atoms with E-state index in [0.717, 1.165) is 12.9 Å². The minimum atomic E-state index is -0.477. The summed E-state index contributed by atoms with van der Waals surface area (Å²) in [5.74, 6) is 0.551. The highest BCUT2D eigenvalue weighted by Gasteiger charge is 2.24. The van der Waals surface area contributed by atoms with E-state index in [1.165, 1.54) is 6.42 Å². The average Bonchev–Trinajstić information content (AvgIpc) is 2.17. The molecule has 60 valence electrons. The fraction of sp³-hybridized carbons (Fsp3) is 1.00. The minimum absolute atomic E-state index is 0.477. The lowest BCUT2D eigenvalue weighted by Crippen LogP contribution is -2.07. The maximum absolute atomic E-state index is 8.68. The first kappa shape index (κ1) is 9.98. The molecule has 2 nitrogen and oxygen atoms in total. The van der Waals surface area contributed by atoms with Gasteiger partial charge in [0.1, 0.15) is 0 Å². The smallest absolute Gasteiger partial charge is 0.427 e. The minimum Gasteiger partial charge on any atom is -0.427 e. The van der Waals surface area contributed by atoms with E-state index < -0.39 is 7.12 Å². The van der Waals surface area contributed by atoms with E-state index in [-0.39, 0.29) is 0 Å². The summed E-state index contributed by atoms with van der Waals surface area (Å²) >= 11 is 0. The molecule has 1 fully saturated rings. The molecule has 0 bridgehead atoms. The second-order valence-electron chi connectivity index (χ2n) is 2.84. The molecule has 1 rings (SSSR count). The normalized spacial score (nSPS) is 24.0. The van der Waals surface area contributed by atoms with Crippen LogP contribution in [0.5, 0.6) is 0 Å². The fourth-order valence-corrected chi connectivity index (χ4v) is 0.756. The molecule has 0 amide bonds. The Hall–Kier alpha value is -0.0151. The molecule has 0 aliphatic carbocycles. The highest BCUT2D eigenvalue weighted by atomic mass is 16.5. The molecule has 1 aliphatic rings. The summed E-state index contributed by atoms with van der Waals surface area (Å²) in [4.78, 5) is 0. The highest BCUT2D eigenvalue weighted by molar-refractivity contribution is 6.43. The Bertz CT molecular complexity index is 70.0. The molecule has 1 atom stereocenters. The van der Waals surface area contributed by atoms with E-state index in [4.69, 9.17) is 9.68 Å². The molecule has 1 heterocycles. The summed E-state index contributed by atoms with van der Waals surface area (Å²) in [6.07, 6.45) is 2.06. The van der Waals surface area contributed by atoms with Crippen LogP contribution in [-0.4, -0.2) is 18.7 Å². The second-order valence-corrected chi connectivity index (χ2v) is 2.84. The molecule has 0 saturated carbocycles. The van der Waals surface area contributed by atoms with Crippen molar-refractivity contribution in [3.63, 3.8) is 0 Å². The van der Waals surface area contributed by atoms with Gasteiger partial charge in [-0.25, -0.2) is 0 Å². The van der Waals surface area contributed by atoms with Crippen LogP contribution in [-0.2, 0) is 4.65 Å². The third-order valence-electron chi connectivity index (χ3n) is 1.18. The molecule has 0 aromatic carbocycles. The van der Waals surface area contributed by atoms with Gasteiger partial charge in [-0.1, -0.05) is 27.2 Å². The average molecular weight is 144 g/mol. The van der Waals surface area contributed by atoms with Gasteiger partial charge in [-0.05, 0) is 12.2 Å². The summed E-state index contributed by atoms with van der Waals surface area (Å²) in [7, 11) is -0.477. The summed E-state index contributed by atoms with van der Waals surface area (Å²) in [6.45, 7) is 7.04. The van der Waals surface area contributed by atoms with Crippen molar-refractivity contribution in [3.05, 3.63) is 0 Å². The van der Waals surface area contributed by atoms with Gasteiger partial charge in [0.05, 0.1) is 0 Å². The molecule has 1 saturated heterocycles. The quantitative estimate of drug-likeness (QED) is 0.522. The van der Waals surface area contributed by atoms with Crippen molar-refractivity contribution >= 4 is 7.12 Å². The Balaban J connectivity index is 0.000000236. The van der Waals surface area contributed by atoms with Crippen LogP contribution in [0.4, 0.5) is 0 Å². The van der Waals surface area contributed by atoms with Crippen LogP contribution in [0, 0.1) is 5.92 Å². The third kappa shape index (κ3) is 4.83. The van der Waals surface area contributed by atoms with Crippen molar-refractivity contribution < 1.29 is 9.68 Å². The lowest BCUT2D eigenvalue weighted by Gasteiger charge is -1.90. The van der Waals surface area contributed by atoms with Crippen molar-refractivity contribution in [1.82, 2.24) is 0 Å². The Labute approximate surface area is 63.7 Å². The van der Waals surface area contributed by atoms with Gasteiger partial charge >= 0.3 is 7.12 Å². The zero-order chi connectivity index (χ0) is 7.98. The first-order chi connectivity index (χ1) is 4.70. The molecular weight excluding hydrogens is 127 g/mol. The van der Waals surface area contributed by atoms with E-state index in [0.29, 0.717) is 5.92 Å². The van der Waals surface area contributed by atoms with Gasteiger partial charge in [-0.2, -0.15) is 0 Å². The Morgan fingerprint density at radius 3 is 2.20 bits per heavy atom. The summed E-state index contributed by atoms with van der Waals surface area (Å²) in [5, 5.41) is 8.68. The zero-order valence-electron chi connectivity index (χ0n) is 7.13. The maximum atomic E-state index is 8.68. The number of hydrogen-bond donors (Lipinski definition) is 1. The molecular formula is C7H17BO2.